The second kappa shape index (κ2) is 9.64. The van der Waals surface area contributed by atoms with Gasteiger partial charge >= 0.3 is 5.97 Å². The van der Waals surface area contributed by atoms with Crippen LogP contribution in [-0.4, -0.2) is 41.2 Å². The van der Waals surface area contributed by atoms with Crippen LogP contribution in [-0.2, 0) is 30.3 Å². The number of imide groups is 1. The minimum atomic E-state index is -1.08. The zero-order valence-electron chi connectivity index (χ0n) is 19.8. The number of nitrogens with zero attached hydrogens (tertiary/aromatic N) is 1. The number of nitrogens with one attached hydrogen (secondary N) is 1. The van der Waals surface area contributed by atoms with Gasteiger partial charge in [-0.15, -0.1) is 0 Å². The van der Waals surface area contributed by atoms with Crippen LogP contribution in [0.5, 0.6) is 0 Å². The van der Waals surface area contributed by atoms with Crippen LogP contribution in [0.3, 0.4) is 0 Å². The molecule has 182 valence electrons. The van der Waals surface area contributed by atoms with Gasteiger partial charge in [-0.05, 0) is 49.1 Å². The maximum Gasteiger partial charge on any atom is 0.330 e. The van der Waals surface area contributed by atoms with E-state index in [0.717, 1.165) is 35.3 Å². The van der Waals surface area contributed by atoms with Crippen molar-refractivity contribution in [1.82, 2.24) is 10.2 Å². The fraction of sp³-hybridized carbons (Fsp3) is 0.429. The Labute approximate surface area is 204 Å². The Balaban J connectivity index is 1.29. The molecule has 7 heteroatoms. The molecule has 0 aromatic heterocycles. The van der Waals surface area contributed by atoms with E-state index in [1.54, 1.807) is 0 Å². The van der Waals surface area contributed by atoms with Gasteiger partial charge < -0.3 is 10.1 Å². The lowest BCUT2D eigenvalue weighted by molar-refractivity contribution is -0.160. The lowest BCUT2D eigenvalue weighted by Crippen LogP contribution is -2.48. The second-order valence-corrected chi connectivity index (χ2v) is 9.94. The molecular weight excluding hydrogens is 444 g/mol. The Morgan fingerprint density at radius 2 is 1.51 bits per heavy atom. The molecular formula is C28H30N2O5. The summed E-state index contributed by atoms with van der Waals surface area (Å²) >= 11 is 0. The third-order valence-corrected chi connectivity index (χ3v) is 7.84. The Morgan fingerprint density at radius 3 is 2.11 bits per heavy atom. The lowest BCUT2D eigenvalue weighted by Gasteiger charge is -2.26. The van der Waals surface area contributed by atoms with E-state index in [9.17, 15) is 19.2 Å². The Morgan fingerprint density at radius 1 is 0.943 bits per heavy atom. The normalized spacial score (nSPS) is 26.4. The SMILES string of the molecule is C[C@H](NC(=O)COC(=O)[C@H](Cc1ccccc1)N1C(=O)[C@H]2[C@H]3CC[C@@H](C3)[C@@H]2C1=O)c1ccccc1. The molecule has 7 nitrogen and oxygen atoms in total. The lowest BCUT2D eigenvalue weighted by atomic mass is 9.81. The second-order valence-electron chi connectivity index (χ2n) is 9.94. The quantitative estimate of drug-likeness (QED) is 0.469. The van der Waals surface area contributed by atoms with E-state index >= 15 is 0 Å². The summed E-state index contributed by atoms with van der Waals surface area (Å²) < 4.78 is 5.38. The number of carbonyl (C=O) groups excluding carboxylic acids is 4. The van der Waals surface area contributed by atoms with Crippen molar-refractivity contribution in [2.24, 2.45) is 23.7 Å². The summed E-state index contributed by atoms with van der Waals surface area (Å²) in [5, 5.41) is 2.82. The highest BCUT2D eigenvalue weighted by atomic mass is 16.5. The van der Waals surface area contributed by atoms with Gasteiger partial charge in [-0.25, -0.2) is 4.79 Å². The molecule has 2 aliphatic carbocycles. The zero-order valence-corrected chi connectivity index (χ0v) is 19.8. The average molecular weight is 475 g/mol. The minimum absolute atomic E-state index is 0.161. The van der Waals surface area contributed by atoms with Gasteiger partial charge in [0, 0.05) is 6.42 Å². The largest absolute Gasteiger partial charge is 0.454 e. The van der Waals surface area contributed by atoms with E-state index in [1.165, 1.54) is 0 Å². The maximum absolute atomic E-state index is 13.4. The van der Waals surface area contributed by atoms with Crippen molar-refractivity contribution in [2.45, 2.75) is 44.7 Å². The van der Waals surface area contributed by atoms with E-state index < -0.39 is 24.5 Å². The topological polar surface area (TPSA) is 92.8 Å². The molecule has 0 spiro atoms. The van der Waals surface area contributed by atoms with Crippen molar-refractivity contribution in [3.05, 3.63) is 71.8 Å². The minimum Gasteiger partial charge on any atom is -0.454 e. The molecule has 2 aromatic carbocycles. The van der Waals surface area contributed by atoms with Gasteiger partial charge in [0.2, 0.25) is 11.8 Å². The van der Waals surface area contributed by atoms with Crippen molar-refractivity contribution >= 4 is 23.7 Å². The number of hydrogen-bond acceptors (Lipinski definition) is 5. The van der Waals surface area contributed by atoms with Crippen LogP contribution < -0.4 is 5.32 Å². The van der Waals surface area contributed by atoms with Gasteiger partial charge in [0.1, 0.15) is 6.04 Å². The number of carbonyl (C=O) groups is 4. The van der Waals surface area contributed by atoms with Gasteiger partial charge in [-0.2, -0.15) is 0 Å². The van der Waals surface area contributed by atoms with Crippen LogP contribution in [0.2, 0.25) is 0 Å². The maximum atomic E-state index is 13.4. The fourth-order valence-corrected chi connectivity index (χ4v) is 6.20. The summed E-state index contributed by atoms with van der Waals surface area (Å²) in [4.78, 5) is 53.6. The molecule has 1 aliphatic heterocycles. The number of benzene rings is 2. The molecule has 0 radical (unpaired) electrons. The van der Waals surface area contributed by atoms with Gasteiger partial charge in [0.15, 0.2) is 6.61 Å². The smallest absolute Gasteiger partial charge is 0.330 e. The molecule has 2 aromatic rings. The first-order valence-electron chi connectivity index (χ1n) is 12.4. The summed E-state index contributed by atoms with van der Waals surface area (Å²) in [7, 11) is 0. The molecule has 2 bridgehead atoms. The van der Waals surface area contributed by atoms with Crippen molar-refractivity contribution in [1.29, 1.82) is 0 Å². The summed E-state index contributed by atoms with van der Waals surface area (Å²) in [5.41, 5.74) is 1.75. The molecule has 5 rings (SSSR count). The number of fused-ring (bicyclic) bond motifs is 5. The predicted octanol–water partition coefficient (Wildman–Crippen LogP) is 3.05. The Kier molecular flexibility index (Phi) is 6.41. The van der Waals surface area contributed by atoms with E-state index in [1.807, 2.05) is 67.6 Å². The molecule has 1 heterocycles. The van der Waals surface area contributed by atoms with Crippen LogP contribution in [0.25, 0.3) is 0 Å². The van der Waals surface area contributed by atoms with Crippen molar-refractivity contribution in [3.8, 4) is 0 Å². The molecule has 3 fully saturated rings. The monoisotopic (exact) mass is 474 g/mol. The third kappa shape index (κ3) is 4.47. The number of ether oxygens (including phenoxy) is 1. The van der Waals surface area contributed by atoms with Crippen LogP contribution in [0.1, 0.15) is 43.4 Å². The van der Waals surface area contributed by atoms with Crippen LogP contribution in [0.4, 0.5) is 0 Å². The molecule has 1 N–H and O–H groups in total. The molecule has 1 saturated heterocycles. The van der Waals surface area contributed by atoms with Crippen molar-refractivity contribution < 1.29 is 23.9 Å². The Hall–Kier alpha value is -3.48. The highest BCUT2D eigenvalue weighted by Gasteiger charge is 2.62. The predicted molar refractivity (Wildman–Crippen MR) is 128 cm³/mol. The summed E-state index contributed by atoms with van der Waals surface area (Å²) in [6.07, 6.45) is 3.01. The van der Waals surface area contributed by atoms with E-state index in [2.05, 4.69) is 5.32 Å². The third-order valence-electron chi connectivity index (χ3n) is 7.84. The first-order chi connectivity index (χ1) is 16.9. The number of esters is 1. The van der Waals surface area contributed by atoms with Gasteiger partial charge in [-0.1, -0.05) is 60.7 Å². The first-order valence-corrected chi connectivity index (χ1v) is 12.4. The summed E-state index contributed by atoms with van der Waals surface area (Å²) in [6.45, 7) is 1.37. The van der Waals surface area contributed by atoms with E-state index in [0.29, 0.717) is 0 Å². The number of amides is 3. The van der Waals surface area contributed by atoms with Crippen LogP contribution >= 0.6 is 0 Å². The molecule has 0 unspecified atom stereocenters. The van der Waals surface area contributed by atoms with Crippen molar-refractivity contribution in [2.75, 3.05) is 6.61 Å². The van der Waals surface area contributed by atoms with Gasteiger partial charge in [-0.3, -0.25) is 19.3 Å². The highest BCUT2D eigenvalue weighted by Crippen LogP contribution is 2.56. The highest BCUT2D eigenvalue weighted by molar-refractivity contribution is 6.08. The standard InChI is InChI=1S/C28H30N2O5/c1-17(19-10-6-3-7-11-19)29-23(31)16-35-28(34)22(14-18-8-4-2-5-9-18)30-26(32)24-20-12-13-21(15-20)25(24)27(30)33/h2-11,17,20-22,24-25H,12-16H2,1H3,(H,29,31)/t17-,20-,21-,22-,24-,25-/m0/s1. The molecule has 6 atom stereocenters. The zero-order chi connectivity index (χ0) is 24.5. The van der Waals surface area contributed by atoms with Gasteiger partial charge in [0.25, 0.3) is 5.91 Å². The van der Waals surface area contributed by atoms with Gasteiger partial charge in [0.05, 0.1) is 17.9 Å². The number of hydrogen-bond donors (Lipinski definition) is 1. The Bertz CT molecular complexity index is 1090. The fourth-order valence-electron chi connectivity index (χ4n) is 6.20. The molecule has 3 aliphatic rings. The molecule has 35 heavy (non-hydrogen) atoms. The summed E-state index contributed by atoms with van der Waals surface area (Å²) in [6, 6.07) is 17.4. The molecule has 3 amide bonds. The number of likely N-dealkylation sites (tertiary alicyclic amines) is 1. The van der Waals surface area contributed by atoms with E-state index in [-0.39, 0.29) is 47.9 Å². The van der Waals surface area contributed by atoms with Crippen LogP contribution in [0.15, 0.2) is 60.7 Å². The summed E-state index contributed by atoms with van der Waals surface area (Å²) in [5.74, 6) is -1.87. The number of rotatable bonds is 8. The van der Waals surface area contributed by atoms with Crippen molar-refractivity contribution in [3.63, 3.8) is 0 Å². The average Bonchev–Trinajstić information content (AvgIpc) is 3.56. The van der Waals surface area contributed by atoms with E-state index in [4.69, 9.17) is 4.74 Å². The van der Waals surface area contributed by atoms with Crippen LogP contribution in [0, 0.1) is 23.7 Å². The first kappa shape index (κ1) is 23.3. The molecule has 2 saturated carbocycles.